The molecule has 2 amide bonds. The zero-order valence-corrected chi connectivity index (χ0v) is 10.0. The number of hydrogen-bond donors (Lipinski definition) is 2. The molecule has 2 aliphatic rings. The topological polar surface area (TPSA) is 82.7 Å². The molecule has 6 heteroatoms. The number of amidine groups is 1. The highest BCUT2D eigenvalue weighted by atomic mass is 16.5. The van der Waals surface area contributed by atoms with Gasteiger partial charge in [-0.1, -0.05) is 0 Å². The van der Waals surface area contributed by atoms with Crippen LogP contribution in [0.15, 0.2) is 0 Å². The van der Waals surface area contributed by atoms with Crippen molar-refractivity contribution in [1.29, 1.82) is 5.41 Å². The highest BCUT2D eigenvalue weighted by molar-refractivity contribution is 5.81. The Bertz CT molecular complexity index is 302. The Morgan fingerprint density at radius 2 is 1.94 bits per heavy atom. The molecule has 2 rings (SSSR count). The first-order valence-electron chi connectivity index (χ1n) is 6.14. The number of rotatable bonds is 1. The van der Waals surface area contributed by atoms with Crippen LogP contribution in [0.3, 0.4) is 0 Å². The van der Waals surface area contributed by atoms with E-state index in [2.05, 4.69) is 0 Å². The Hall–Kier alpha value is -1.30. The summed E-state index contributed by atoms with van der Waals surface area (Å²) in [5.41, 5.74) is 5.52. The van der Waals surface area contributed by atoms with Crippen LogP contribution >= 0.6 is 0 Å². The van der Waals surface area contributed by atoms with Crippen molar-refractivity contribution in [1.82, 2.24) is 9.80 Å². The maximum Gasteiger partial charge on any atom is 0.320 e. The van der Waals surface area contributed by atoms with Crippen LogP contribution in [0.1, 0.15) is 12.8 Å². The van der Waals surface area contributed by atoms with Crippen LogP contribution in [0.2, 0.25) is 0 Å². The smallest absolute Gasteiger partial charge is 0.320 e. The third kappa shape index (κ3) is 2.88. The Morgan fingerprint density at radius 1 is 1.24 bits per heavy atom. The van der Waals surface area contributed by atoms with Crippen molar-refractivity contribution in [2.75, 3.05) is 39.4 Å². The molecular weight excluding hydrogens is 220 g/mol. The van der Waals surface area contributed by atoms with Gasteiger partial charge < -0.3 is 20.3 Å². The van der Waals surface area contributed by atoms with Gasteiger partial charge in [0.2, 0.25) is 0 Å². The van der Waals surface area contributed by atoms with Crippen LogP contribution in [0.4, 0.5) is 4.79 Å². The summed E-state index contributed by atoms with van der Waals surface area (Å²) < 4.78 is 5.23. The van der Waals surface area contributed by atoms with Gasteiger partial charge in [-0.15, -0.1) is 0 Å². The quantitative estimate of drug-likeness (QED) is 0.503. The molecule has 0 saturated carbocycles. The van der Waals surface area contributed by atoms with Crippen LogP contribution in [0, 0.1) is 11.3 Å². The zero-order chi connectivity index (χ0) is 12.3. The van der Waals surface area contributed by atoms with Crippen LogP contribution in [-0.2, 0) is 4.74 Å². The number of carbonyl (C=O) groups excluding carboxylic acids is 1. The van der Waals surface area contributed by atoms with E-state index in [1.165, 1.54) is 0 Å². The number of nitrogens with two attached hydrogens (primary N) is 1. The lowest BCUT2D eigenvalue weighted by molar-refractivity contribution is 0.0406. The summed E-state index contributed by atoms with van der Waals surface area (Å²) in [7, 11) is 0. The number of nitrogens with one attached hydrogen (secondary N) is 1. The molecule has 0 bridgehead atoms. The van der Waals surface area contributed by atoms with Crippen molar-refractivity contribution < 1.29 is 9.53 Å². The second-order valence-electron chi connectivity index (χ2n) is 4.62. The molecule has 3 N–H and O–H groups in total. The largest absolute Gasteiger partial charge is 0.387 e. The number of nitrogens with zero attached hydrogens (tertiary/aromatic N) is 2. The van der Waals surface area contributed by atoms with Gasteiger partial charge in [0, 0.05) is 32.1 Å². The fourth-order valence-electron chi connectivity index (χ4n) is 2.36. The van der Waals surface area contributed by atoms with E-state index in [0.29, 0.717) is 32.8 Å². The lowest BCUT2D eigenvalue weighted by atomic mass is 9.97. The van der Waals surface area contributed by atoms with Crippen molar-refractivity contribution in [3.05, 3.63) is 0 Å². The van der Waals surface area contributed by atoms with E-state index in [4.69, 9.17) is 15.9 Å². The maximum absolute atomic E-state index is 12.2. The van der Waals surface area contributed by atoms with E-state index in [0.717, 1.165) is 19.4 Å². The molecule has 2 heterocycles. The molecule has 0 aromatic heterocycles. The first-order valence-corrected chi connectivity index (χ1v) is 6.14. The molecule has 1 atom stereocenters. The van der Waals surface area contributed by atoms with Gasteiger partial charge in [-0.05, 0) is 12.8 Å². The highest BCUT2D eigenvalue weighted by Crippen LogP contribution is 2.17. The lowest BCUT2D eigenvalue weighted by Gasteiger charge is -2.37. The van der Waals surface area contributed by atoms with Crippen LogP contribution in [-0.4, -0.2) is 61.1 Å². The molecule has 96 valence electrons. The van der Waals surface area contributed by atoms with Gasteiger partial charge in [-0.2, -0.15) is 0 Å². The number of ether oxygens (including phenoxy) is 1. The SMILES string of the molecule is N=C(N)C1CCCN(C(=O)N2CCOCC2)C1. The molecule has 0 aromatic carbocycles. The minimum Gasteiger partial charge on any atom is -0.387 e. The van der Waals surface area contributed by atoms with Crippen LogP contribution in [0.5, 0.6) is 0 Å². The van der Waals surface area contributed by atoms with E-state index in [9.17, 15) is 4.79 Å². The van der Waals surface area contributed by atoms with E-state index in [1.807, 2.05) is 9.80 Å². The van der Waals surface area contributed by atoms with Crippen LogP contribution < -0.4 is 5.73 Å². The van der Waals surface area contributed by atoms with Crippen molar-refractivity contribution in [2.24, 2.45) is 11.7 Å². The van der Waals surface area contributed by atoms with E-state index in [1.54, 1.807) is 0 Å². The lowest BCUT2D eigenvalue weighted by Crippen LogP contribution is -2.52. The maximum atomic E-state index is 12.2. The van der Waals surface area contributed by atoms with Crippen molar-refractivity contribution >= 4 is 11.9 Å². The average molecular weight is 240 g/mol. The summed E-state index contributed by atoms with van der Waals surface area (Å²) >= 11 is 0. The normalized spacial score (nSPS) is 25.8. The van der Waals surface area contributed by atoms with Gasteiger partial charge in [-0.25, -0.2) is 4.79 Å². The number of morpholine rings is 1. The molecule has 2 aliphatic heterocycles. The fraction of sp³-hybridized carbons (Fsp3) is 0.818. The Morgan fingerprint density at radius 3 is 2.59 bits per heavy atom. The number of amides is 2. The number of piperidine rings is 1. The third-order valence-corrected chi connectivity index (χ3v) is 3.41. The van der Waals surface area contributed by atoms with Gasteiger partial charge >= 0.3 is 6.03 Å². The van der Waals surface area contributed by atoms with E-state index < -0.39 is 0 Å². The predicted molar refractivity (Wildman–Crippen MR) is 64.0 cm³/mol. The summed E-state index contributed by atoms with van der Waals surface area (Å²) in [5.74, 6) is 0.234. The third-order valence-electron chi connectivity index (χ3n) is 3.41. The van der Waals surface area contributed by atoms with Gasteiger partial charge in [-0.3, -0.25) is 5.41 Å². The molecular formula is C11H20N4O2. The number of likely N-dealkylation sites (tertiary alicyclic amines) is 1. The predicted octanol–water partition coefficient (Wildman–Crippen LogP) is 0.0866. The molecule has 0 aliphatic carbocycles. The van der Waals surface area contributed by atoms with E-state index >= 15 is 0 Å². The van der Waals surface area contributed by atoms with Crippen molar-refractivity contribution in [3.63, 3.8) is 0 Å². The molecule has 0 spiro atoms. The molecule has 0 radical (unpaired) electrons. The van der Waals surface area contributed by atoms with Gasteiger partial charge in [0.05, 0.1) is 19.0 Å². The molecule has 0 aromatic rings. The van der Waals surface area contributed by atoms with Crippen molar-refractivity contribution in [3.8, 4) is 0 Å². The second kappa shape index (κ2) is 5.35. The summed E-state index contributed by atoms with van der Waals surface area (Å²) in [6.45, 7) is 3.94. The highest BCUT2D eigenvalue weighted by Gasteiger charge is 2.28. The average Bonchev–Trinajstić information content (AvgIpc) is 2.39. The fourth-order valence-corrected chi connectivity index (χ4v) is 2.36. The minimum atomic E-state index is 0.0359. The molecule has 6 nitrogen and oxygen atoms in total. The Balaban J connectivity index is 1.91. The first kappa shape index (κ1) is 12.2. The Kier molecular flexibility index (Phi) is 3.83. The minimum absolute atomic E-state index is 0.0359. The van der Waals surface area contributed by atoms with Gasteiger partial charge in [0.15, 0.2) is 0 Å². The molecule has 17 heavy (non-hydrogen) atoms. The summed E-state index contributed by atoms with van der Waals surface area (Å²) in [6.07, 6.45) is 1.85. The standard InChI is InChI=1S/C11H20N4O2/c12-10(13)9-2-1-3-15(8-9)11(16)14-4-6-17-7-5-14/h9H,1-8H2,(H3,12,13). The molecule has 2 saturated heterocycles. The zero-order valence-electron chi connectivity index (χ0n) is 10.0. The van der Waals surface area contributed by atoms with Gasteiger partial charge in [0.25, 0.3) is 0 Å². The Labute approximate surface area is 101 Å². The number of urea groups is 1. The summed E-state index contributed by atoms with van der Waals surface area (Å²) in [6, 6.07) is 0.0688. The molecule has 1 unspecified atom stereocenters. The van der Waals surface area contributed by atoms with Crippen molar-refractivity contribution in [2.45, 2.75) is 12.8 Å². The first-order chi connectivity index (χ1) is 8.18. The van der Waals surface area contributed by atoms with Crippen LogP contribution in [0.25, 0.3) is 0 Å². The summed E-state index contributed by atoms with van der Waals surface area (Å²) in [5, 5.41) is 7.47. The number of carbonyl (C=O) groups is 1. The molecule has 2 fully saturated rings. The second-order valence-corrected chi connectivity index (χ2v) is 4.62. The number of hydrogen-bond acceptors (Lipinski definition) is 3. The monoisotopic (exact) mass is 240 g/mol. The summed E-state index contributed by atoms with van der Waals surface area (Å²) in [4.78, 5) is 15.9. The van der Waals surface area contributed by atoms with Gasteiger partial charge in [0.1, 0.15) is 0 Å². The van der Waals surface area contributed by atoms with E-state index in [-0.39, 0.29) is 17.8 Å².